The van der Waals surface area contributed by atoms with Crippen LogP contribution in [0.25, 0.3) is 5.69 Å². The van der Waals surface area contributed by atoms with Crippen LogP contribution >= 0.6 is 11.6 Å². The van der Waals surface area contributed by atoms with E-state index in [1.165, 1.54) is 7.11 Å². The second-order valence-corrected chi connectivity index (χ2v) is 6.44. The maximum absolute atomic E-state index is 12.3. The molecule has 0 spiro atoms. The number of hydrogen-bond donors (Lipinski definition) is 2. The van der Waals surface area contributed by atoms with Gasteiger partial charge in [0.2, 0.25) is 5.91 Å². The molecular weight excluding hydrogens is 354 g/mol. The SMILES string of the molecule is COc1ccc([C@H]2CC(=O)Nc3c2ncn3-c2ccccc2Cl)cc1O. The van der Waals surface area contributed by atoms with E-state index in [0.717, 1.165) is 16.9 Å². The number of rotatable bonds is 3. The van der Waals surface area contributed by atoms with Crippen LogP contribution < -0.4 is 10.1 Å². The molecule has 0 aliphatic carbocycles. The standard InChI is InChI=1S/C19H16ClN3O3/c1-26-16-7-6-11(8-15(16)24)12-9-17(25)22-19-18(12)21-10-23(19)14-5-3-2-4-13(14)20/h2-8,10,12,24H,9H2,1H3,(H,22,25)/t12-/m1/s1. The third-order valence-corrected chi connectivity index (χ3v) is 4.81. The molecule has 0 bridgehead atoms. The molecule has 1 aliphatic rings. The highest BCUT2D eigenvalue weighted by Gasteiger charge is 2.31. The summed E-state index contributed by atoms with van der Waals surface area (Å²) in [6.45, 7) is 0. The molecule has 0 fully saturated rings. The Morgan fingerprint density at radius 1 is 1.31 bits per heavy atom. The lowest BCUT2D eigenvalue weighted by atomic mass is 9.89. The van der Waals surface area contributed by atoms with Gasteiger partial charge in [0.25, 0.3) is 0 Å². The number of methoxy groups -OCH3 is 1. The Morgan fingerprint density at radius 2 is 2.12 bits per heavy atom. The molecule has 1 aliphatic heterocycles. The van der Waals surface area contributed by atoms with Crippen LogP contribution in [0.1, 0.15) is 23.6 Å². The number of nitrogens with one attached hydrogen (secondary N) is 1. The summed E-state index contributed by atoms with van der Waals surface area (Å²) < 4.78 is 6.86. The average molecular weight is 370 g/mol. The number of hydrogen-bond acceptors (Lipinski definition) is 4. The Kier molecular flexibility index (Phi) is 4.05. The number of nitrogens with zero attached hydrogens (tertiary/aromatic N) is 2. The topological polar surface area (TPSA) is 76.4 Å². The van der Waals surface area contributed by atoms with Crippen LogP contribution in [0, 0.1) is 0 Å². The third-order valence-electron chi connectivity index (χ3n) is 4.49. The van der Waals surface area contributed by atoms with Gasteiger partial charge in [-0.1, -0.05) is 29.8 Å². The fraction of sp³-hybridized carbons (Fsp3) is 0.158. The molecule has 0 saturated carbocycles. The summed E-state index contributed by atoms with van der Waals surface area (Å²) in [5.74, 6) is 0.625. The molecule has 2 heterocycles. The second-order valence-electron chi connectivity index (χ2n) is 6.04. The molecule has 0 radical (unpaired) electrons. The molecule has 1 atom stereocenters. The van der Waals surface area contributed by atoms with Crippen molar-refractivity contribution in [3.05, 3.63) is 65.1 Å². The van der Waals surface area contributed by atoms with Gasteiger partial charge in [0.1, 0.15) is 12.1 Å². The van der Waals surface area contributed by atoms with Crippen molar-refractivity contribution in [1.82, 2.24) is 9.55 Å². The fourth-order valence-electron chi connectivity index (χ4n) is 3.24. The average Bonchev–Trinajstić information content (AvgIpc) is 3.05. The van der Waals surface area contributed by atoms with E-state index in [0.29, 0.717) is 16.6 Å². The maximum Gasteiger partial charge on any atom is 0.226 e. The van der Waals surface area contributed by atoms with Crippen molar-refractivity contribution in [1.29, 1.82) is 0 Å². The highest BCUT2D eigenvalue weighted by atomic mass is 35.5. The number of anilines is 1. The number of benzene rings is 2. The zero-order valence-corrected chi connectivity index (χ0v) is 14.7. The minimum absolute atomic E-state index is 0.0306. The Balaban J connectivity index is 1.81. The van der Waals surface area contributed by atoms with Crippen LogP contribution in [0.4, 0.5) is 5.82 Å². The van der Waals surface area contributed by atoms with Gasteiger partial charge < -0.3 is 15.2 Å². The van der Waals surface area contributed by atoms with Crippen molar-refractivity contribution in [2.45, 2.75) is 12.3 Å². The first-order valence-corrected chi connectivity index (χ1v) is 8.45. The molecule has 0 unspecified atom stereocenters. The van der Waals surface area contributed by atoms with Crippen LogP contribution in [0.15, 0.2) is 48.8 Å². The molecule has 3 aromatic rings. The molecule has 2 N–H and O–H groups in total. The lowest BCUT2D eigenvalue weighted by Gasteiger charge is -2.24. The van der Waals surface area contributed by atoms with Crippen LogP contribution in [-0.2, 0) is 4.79 Å². The van der Waals surface area contributed by atoms with Crippen molar-refractivity contribution >= 4 is 23.3 Å². The zero-order valence-electron chi connectivity index (χ0n) is 13.9. The molecule has 4 rings (SSSR count). The summed E-state index contributed by atoms with van der Waals surface area (Å²) >= 11 is 6.29. The molecular formula is C19H16ClN3O3. The van der Waals surface area contributed by atoms with Gasteiger partial charge in [-0.2, -0.15) is 0 Å². The summed E-state index contributed by atoms with van der Waals surface area (Å²) in [7, 11) is 1.49. The number of phenols is 1. The van der Waals surface area contributed by atoms with Crippen molar-refractivity contribution in [3.63, 3.8) is 0 Å². The van der Waals surface area contributed by atoms with Crippen molar-refractivity contribution < 1.29 is 14.6 Å². The highest BCUT2D eigenvalue weighted by molar-refractivity contribution is 6.32. The first-order valence-electron chi connectivity index (χ1n) is 8.07. The van der Waals surface area contributed by atoms with Gasteiger partial charge in [-0.3, -0.25) is 9.36 Å². The first kappa shape index (κ1) is 16.5. The van der Waals surface area contributed by atoms with Gasteiger partial charge in [0, 0.05) is 12.3 Å². The van der Waals surface area contributed by atoms with E-state index in [1.54, 1.807) is 29.1 Å². The monoisotopic (exact) mass is 369 g/mol. The van der Waals surface area contributed by atoms with Crippen LogP contribution in [0.2, 0.25) is 5.02 Å². The van der Waals surface area contributed by atoms with Gasteiger partial charge >= 0.3 is 0 Å². The molecule has 0 saturated heterocycles. The number of fused-ring (bicyclic) bond motifs is 1. The molecule has 132 valence electrons. The second kappa shape index (κ2) is 6.38. The van der Waals surface area contributed by atoms with E-state index in [1.807, 2.05) is 24.3 Å². The van der Waals surface area contributed by atoms with E-state index in [4.69, 9.17) is 16.3 Å². The van der Waals surface area contributed by atoms with Crippen LogP contribution in [0.3, 0.4) is 0 Å². The molecule has 6 nitrogen and oxygen atoms in total. The Bertz CT molecular complexity index is 999. The molecule has 2 aromatic carbocycles. The fourth-order valence-corrected chi connectivity index (χ4v) is 3.46. The van der Waals surface area contributed by atoms with Crippen molar-refractivity contribution in [2.75, 3.05) is 12.4 Å². The number of ether oxygens (including phenoxy) is 1. The Morgan fingerprint density at radius 3 is 2.85 bits per heavy atom. The van der Waals surface area contributed by atoms with E-state index in [2.05, 4.69) is 10.3 Å². The lowest BCUT2D eigenvalue weighted by molar-refractivity contribution is -0.116. The predicted molar refractivity (Wildman–Crippen MR) is 98.3 cm³/mol. The quantitative estimate of drug-likeness (QED) is 0.737. The number of para-hydroxylation sites is 1. The summed E-state index contributed by atoms with van der Waals surface area (Å²) in [5.41, 5.74) is 2.26. The van der Waals surface area contributed by atoms with Crippen molar-refractivity contribution in [2.24, 2.45) is 0 Å². The van der Waals surface area contributed by atoms with E-state index < -0.39 is 0 Å². The normalized spacial score (nSPS) is 16.1. The Hall–Kier alpha value is -2.99. The van der Waals surface area contributed by atoms with Gasteiger partial charge in [0.05, 0.1) is 23.5 Å². The van der Waals surface area contributed by atoms with Gasteiger partial charge in [-0.15, -0.1) is 0 Å². The van der Waals surface area contributed by atoms with E-state index >= 15 is 0 Å². The Labute approximate surface area is 155 Å². The van der Waals surface area contributed by atoms with Gasteiger partial charge in [-0.05, 0) is 29.8 Å². The van der Waals surface area contributed by atoms with E-state index in [-0.39, 0.29) is 24.0 Å². The van der Waals surface area contributed by atoms with Crippen LogP contribution in [-0.4, -0.2) is 27.7 Å². The molecule has 1 amide bonds. The maximum atomic E-state index is 12.3. The van der Waals surface area contributed by atoms with Crippen molar-refractivity contribution in [3.8, 4) is 17.2 Å². The number of amides is 1. The highest BCUT2D eigenvalue weighted by Crippen LogP contribution is 2.40. The third kappa shape index (κ3) is 2.68. The summed E-state index contributed by atoms with van der Waals surface area (Å²) in [5, 5.41) is 13.5. The number of imidazole rings is 1. The van der Waals surface area contributed by atoms with Crippen LogP contribution in [0.5, 0.6) is 11.5 Å². The minimum atomic E-state index is -0.265. The van der Waals surface area contributed by atoms with E-state index in [9.17, 15) is 9.90 Å². The summed E-state index contributed by atoms with van der Waals surface area (Å²) in [6.07, 6.45) is 1.90. The zero-order chi connectivity index (χ0) is 18.3. The molecule has 1 aromatic heterocycles. The molecule has 7 heteroatoms. The summed E-state index contributed by atoms with van der Waals surface area (Å²) in [6, 6.07) is 12.5. The molecule has 26 heavy (non-hydrogen) atoms. The number of carbonyl (C=O) groups excluding carboxylic acids is 1. The van der Waals surface area contributed by atoms with Gasteiger partial charge in [0.15, 0.2) is 11.5 Å². The smallest absolute Gasteiger partial charge is 0.226 e. The van der Waals surface area contributed by atoms with Gasteiger partial charge in [-0.25, -0.2) is 4.98 Å². The minimum Gasteiger partial charge on any atom is -0.504 e. The number of aromatic hydroxyl groups is 1. The predicted octanol–water partition coefficient (Wildman–Crippen LogP) is 3.71. The number of phenolic OH excluding ortho intramolecular Hbond substituents is 1. The lowest BCUT2D eigenvalue weighted by Crippen LogP contribution is -2.25. The first-order chi connectivity index (χ1) is 12.6. The largest absolute Gasteiger partial charge is 0.504 e. The summed E-state index contributed by atoms with van der Waals surface area (Å²) in [4.78, 5) is 16.8. The number of aromatic nitrogens is 2. The number of carbonyl (C=O) groups is 1. The number of halogens is 1.